The van der Waals surface area contributed by atoms with Crippen LogP contribution in [-0.4, -0.2) is 27.0 Å². The van der Waals surface area contributed by atoms with Gasteiger partial charge in [-0.2, -0.15) is 11.8 Å². The van der Waals surface area contributed by atoms with E-state index >= 15 is 0 Å². The molecule has 218 valence electrons. The minimum Gasteiger partial charge on any atom is -0.508 e. The van der Waals surface area contributed by atoms with Gasteiger partial charge in [-0.3, -0.25) is 4.79 Å². The Kier molecular flexibility index (Phi) is 14.3. The zero-order chi connectivity index (χ0) is 28.8. The number of aliphatic carboxylic acids is 1. The van der Waals surface area contributed by atoms with Gasteiger partial charge in [0.15, 0.2) is 0 Å². The number of phenols is 2. The van der Waals surface area contributed by atoms with Crippen LogP contribution >= 0.6 is 11.8 Å². The summed E-state index contributed by atoms with van der Waals surface area (Å²) in [5, 5.41) is 31.2. The van der Waals surface area contributed by atoms with Gasteiger partial charge in [0.05, 0.1) is 5.92 Å². The monoisotopic (exact) mass is 556 g/mol. The van der Waals surface area contributed by atoms with Crippen LogP contribution in [-0.2, 0) is 28.8 Å². The predicted molar refractivity (Wildman–Crippen MR) is 166 cm³/mol. The molecule has 0 amide bonds. The van der Waals surface area contributed by atoms with E-state index < -0.39 is 11.9 Å². The molecule has 0 aliphatic heterocycles. The highest BCUT2D eigenvalue weighted by molar-refractivity contribution is 7.98. The first kappa shape index (κ1) is 33.1. The molecule has 2 aromatic rings. The molecule has 0 bridgehead atoms. The van der Waals surface area contributed by atoms with Crippen molar-refractivity contribution in [3.8, 4) is 11.5 Å². The molecule has 0 heterocycles. The zero-order valence-electron chi connectivity index (χ0n) is 25.0. The summed E-state index contributed by atoms with van der Waals surface area (Å²) < 4.78 is 0. The second-order valence-corrected chi connectivity index (χ2v) is 13.3. The fraction of sp³-hybridized carbons (Fsp3) is 0.618. The number of thioether (sulfide) groups is 1. The van der Waals surface area contributed by atoms with Crippen LogP contribution in [0.3, 0.4) is 0 Å². The van der Waals surface area contributed by atoms with E-state index in [-0.39, 0.29) is 16.9 Å². The van der Waals surface area contributed by atoms with Crippen LogP contribution < -0.4 is 0 Å². The van der Waals surface area contributed by atoms with Gasteiger partial charge < -0.3 is 15.3 Å². The summed E-state index contributed by atoms with van der Waals surface area (Å²) in [7, 11) is 0. The van der Waals surface area contributed by atoms with Crippen LogP contribution in [0.15, 0.2) is 30.3 Å². The molecule has 0 aromatic heterocycles. The molecule has 4 nitrogen and oxygen atoms in total. The highest BCUT2D eigenvalue weighted by Gasteiger charge is 2.19. The van der Waals surface area contributed by atoms with E-state index in [1.165, 1.54) is 64.2 Å². The zero-order valence-corrected chi connectivity index (χ0v) is 25.8. The Bertz CT molecular complexity index is 1020. The summed E-state index contributed by atoms with van der Waals surface area (Å²) in [6.07, 6.45) is 14.0. The highest BCUT2D eigenvalue weighted by atomic mass is 32.2. The molecule has 1 unspecified atom stereocenters. The lowest BCUT2D eigenvalue weighted by Gasteiger charge is -2.21. The molecular formula is C34H52O4S. The minimum atomic E-state index is -0.822. The van der Waals surface area contributed by atoms with E-state index in [2.05, 4.69) is 27.7 Å². The lowest BCUT2D eigenvalue weighted by Crippen LogP contribution is -2.13. The smallest absolute Gasteiger partial charge is 0.306 e. The molecule has 2 aromatic carbocycles. The number of rotatable bonds is 18. The van der Waals surface area contributed by atoms with Gasteiger partial charge in [0.1, 0.15) is 11.5 Å². The third-order valence-electron chi connectivity index (χ3n) is 7.52. The third kappa shape index (κ3) is 11.9. The van der Waals surface area contributed by atoms with Gasteiger partial charge in [-0.1, -0.05) is 117 Å². The third-order valence-corrected chi connectivity index (χ3v) is 8.61. The standard InChI is InChI=1S/C34H52O4S/c1-6-7-8-9-10-11-12-13-14-15-18-39-24-29-21-26(19-25(2)33(37)38)20-28(32(29)36)22-27-23-30(34(3,4)5)16-17-31(27)35/h16-17,20-21,23,25,35-36H,6-15,18-19,22,24H2,1-5H3,(H,37,38). The summed E-state index contributed by atoms with van der Waals surface area (Å²) in [5.41, 5.74) is 4.34. The van der Waals surface area contributed by atoms with E-state index in [1.54, 1.807) is 13.0 Å². The molecule has 0 aliphatic carbocycles. The van der Waals surface area contributed by atoms with Crippen molar-refractivity contribution in [2.45, 2.75) is 123 Å². The lowest BCUT2D eigenvalue weighted by molar-refractivity contribution is -0.141. The average molecular weight is 557 g/mol. The molecule has 0 spiro atoms. The van der Waals surface area contributed by atoms with Crippen LogP contribution in [0.1, 0.15) is 127 Å². The fourth-order valence-corrected chi connectivity index (χ4v) is 5.90. The van der Waals surface area contributed by atoms with Crippen molar-refractivity contribution in [3.05, 3.63) is 58.1 Å². The number of carbonyl (C=O) groups is 1. The van der Waals surface area contributed by atoms with Gasteiger partial charge >= 0.3 is 5.97 Å². The first-order valence-electron chi connectivity index (χ1n) is 15.0. The first-order chi connectivity index (χ1) is 18.5. The van der Waals surface area contributed by atoms with E-state index in [4.69, 9.17) is 0 Å². The quantitative estimate of drug-likeness (QED) is 0.159. The van der Waals surface area contributed by atoms with Gasteiger partial charge in [-0.15, -0.1) is 0 Å². The number of benzene rings is 2. The topological polar surface area (TPSA) is 77.8 Å². The van der Waals surface area contributed by atoms with E-state index in [9.17, 15) is 20.1 Å². The second kappa shape index (κ2) is 16.8. The Morgan fingerprint density at radius 3 is 2.03 bits per heavy atom. The van der Waals surface area contributed by atoms with Crippen LogP contribution in [0.5, 0.6) is 11.5 Å². The molecule has 0 fully saturated rings. The van der Waals surface area contributed by atoms with Crippen molar-refractivity contribution >= 4 is 17.7 Å². The molecular weight excluding hydrogens is 504 g/mol. The Balaban J connectivity index is 2.02. The number of aromatic hydroxyl groups is 2. The van der Waals surface area contributed by atoms with E-state index in [1.807, 2.05) is 36.0 Å². The molecule has 0 saturated carbocycles. The number of hydrogen-bond acceptors (Lipinski definition) is 4. The fourth-order valence-electron chi connectivity index (χ4n) is 4.91. The van der Waals surface area contributed by atoms with Crippen molar-refractivity contribution in [1.82, 2.24) is 0 Å². The van der Waals surface area contributed by atoms with Crippen molar-refractivity contribution < 1.29 is 20.1 Å². The largest absolute Gasteiger partial charge is 0.508 e. The number of phenolic OH excluding ortho intramolecular Hbond substituents is 2. The van der Waals surface area contributed by atoms with Crippen molar-refractivity contribution in [2.75, 3.05) is 5.75 Å². The maximum absolute atomic E-state index is 11.5. The predicted octanol–water partition coefficient (Wildman–Crippen LogP) is 9.40. The minimum absolute atomic E-state index is 0.0559. The molecule has 1 atom stereocenters. The van der Waals surface area contributed by atoms with Crippen molar-refractivity contribution in [3.63, 3.8) is 0 Å². The normalized spacial score (nSPS) is 12.5. The maximum atomic E-state index is 11.5. The van der Waals surface area contributed by atoms with Gasteiger partial charge in [0.25, 0.3) is 0 Å². The van der Waals surface area contributed by atoms with Gasteiger partial charge in [0.2, 0.25) is 0 Å². The molecule has 5 heteroatoms. The SMILES string of the molecule is CCCCCCCCCCCCSCc1cc(CC(C)C(=O)O)cc(Cc2cc(C(C)(C)C)ccc2O)c1O. The summed E-state index contributed by atoms with van der Waals surface area (Å²) >= 11 is 1.83. The summed E-state index contributed by atoms with van der Waals surface area (Å²) in [5.74, 6) is 0.889. The Morgan fingerprint density at radius 2 is 1.44 bits per heavy atom. The lowest BCUT2D eigenvalue weighted by atomic mass is 9.85. The molecule has 0 saturated heterocycles. The number of hydrogen-bond donors (Lipinski definition) is 3. The van der Waals surface area contributed by atoms with Gasteiger partial charge in [0, 0.05) is 17.7 Å². The van der Waals surface area contributed by atoms with E-state index in [0.717, 1.165) is 33.6 Å². The molecule has 39 heavy (non-hydrogen) atoms. The number of unbranched alkanes of at least 4 members (excludes halogenated alkanes) is 9. The maximum Gasteiger partial charge on any atom is 0.306 e. The Hall–Kier alpha value is -2.14. The van der Waals surface area contributed by atoms with Gasteiger partial charge in [-0.25, -0.2) is 0 Å². The van der Waals surface area contributed by atoms with Crippen LogP contribution in [0.25, 0.3) is 0 Å². The molecule has 0 radical (unpaired) electrons. The average Bonchev–Trinajstić information content (AvgIpc) is 2.87. The number of carboxylic acid groups (broad SMARTS) is 1. The van der Waals surface area contributed by atoms with Gasteiger partial charge in [-0.05, 0) is 52.3 Å². The summed E-state index contributed by atoms with van der Waals surface area (Å²) in [6, 6.07) is 9.57. The second-order valence-electron chi connectivity index (χ2n) is 12.2. The first-order valence-corrected chi connectivity index (χ1v) is 16.1. The Labute approximate surface area is 241 Å². The highest BCUT2D eigenvalue weighted by Crippen LogP contribution is 2.34. The van der Waals surface area contributed by atoms with Crippen LogP contribution in [0.4, 0.5) is 0 Å². The van der Waals surface area contributed by atoms with Crippen molar-refractivity contribution in [2.24, 2.45) is 5.92 Å². The van der Waals surface area contributed by atoms with Crippen molar-refractivity contribution in [1.29, 1.82) is 0 Å². The molecule has 3 N–H and O–H groups in total. The molecule has 0 aliphatic rings. The summed E-state index contributed by atoms with van der Waals surface area (Å²) in [4.78, 5) is 11.5. The van der Waals surface area contributed by atoms with Crippen LogP contribution in [0.2, 0.25) is 0 Å². The van der Waals surface area contributed by atoms with E-state index in [0.29, 0.717) is 18.6 Å². The molecule has 2 rings (SSSR count). The number of carboxylic acids is 1. The Morgan fingerprint density at radius 1 is 0.846 bits per heavy atom. The van der Waals surface area contributed by atoms with Crippen LogP contribution in [0, 0.1) is 5.92 Å². The summed E-state index contributed by atoms with van der Waals surface area (Å²) in [6.45, 7) is 10.4.